The minimum Gasteiger partial charge on any atom is -0.496 e. The predicted octanol–water partition coefficient (Wildman–Crippen LogP) is 3.89. The molecule has 2 N–H and O–H groups in total. The third-order valence-corrected chi connectivity index (χ3v) is 6.36. The molecular weight excluding hydrogens is 461 g/mol. The zero-order valence-electron chi connectivity index (χ0n) is 15.5. The standard InChI is InChI=1S/C19H17BrFN5O2S/c1-10-23-24-19-26(10)25-16(11-7-8-15(28-2)12(20)9-11)17(29-19)18(27)22-14-6-4-3-5-13(14)21/h3-9,16-17,25H,1-2H3,(H,22,27)/t16-,17+/m0/s1. The highest BCUT2D eigenvalue weighted by Crippen LogP contribution is 2.39. The number of thioether (sulfide) groups is 1. The van der Waals surface area contributed by atoms with Crippen molar-refractivity contribution in [3.05, 3.63) is 64.1 Å². The number of hydrogen-bond donors (Lipinski definition) is 2. The van der Waals surface area contributed by atoms with Crippen LogP contribution >= 0.6 is 27.7 Å². The lowest BCUT2D eigenvalue weighted by Gasteiger charge is -2.33. The maximum absolute atomic E-state index is 14.0. The number of nitrogens with zero attached hydrogens (tertiary/aromatic N) is 3. The Morgan fingerprint density at radius 3 is 2.83 bits per heavy atom. The van der Waals surface area contributed by atoms with Crippen molar-refractivity contribution in [3.63, 3.8) is 0 Å². The van der Waals surface area contributed by atoms with Crippen LogP contribution in [0.5, 0.6) is 5.75 Å². The monoisotopic (exact) mass is 477 g/mol. The zero-order chi connectivity index (χ0) is 20.5. The van der Waals surface area contributed by atoms with Gasteiger partial charge in [0.1, 0.15) is 22.6 Å². The topological polar surface area (TPSA) is 81.1 Å². The molecule has 2 heterocycles. The molecule has 10 heteroatoms. The van der Waals surface area contributed by atoms with Crippen LogP contribution in [-0.4, -0.2) is 33.1 Å². The van der Waals surface area contributed by atoms with Crippen molar-refractivity contribution in [1.82, 2.24) is 14.9 Å². The molecule has 29 heavy (non-hydrogen) atoms. The van der Waals surface area contributed by atoms with Crippen LogP contribution in [-0.2, 0) is 4.79 Å². The van der Waals surface area contributed by atoms with Crippen molar-refractivity contribution in [2.75, 3.05) is 17.9 Å². The molecule has 0 radical (unpaired) electrons. The highest BCUT2D eigenvalue weighted by Gasteiger charge is 2.37. The van der Waals surface area contributed by atoms with E-state index in [2.05, 4.69) is 36.9 Å². The molecule has 1 aliphatic rings. The number of hydrogen-bond acceptors (Lipinski definition) is 6. The molecule has 0 fully saturated rings. The fourth-order valence-corrected chi connectivity index (χ4v) is 4.74. The third kappa shape index (κ3) is 3.82. The number of amides is 1. The molecular formula is C19H17BrFN5O2S. The maximum atomic E-state index is 14.0. The van der Waals surface area contributed by atoms with Crippen molar-refractivity contribution in [1.29, 1.82) is 0 Å². The summed E-state index contributed by atoms with van der Waals surface area (Å²) in [4.78, 5) is 13.1. The molecule has 0 saturated heterocycles. The fraction of sp³-hybridized carbons (Fsp3) is 0.211. The van der Waals surface area contributed by atoms with Gasteiger partial charge in [0, 0.05) is 0 Å². The summed E-state index contributed by atoms with van der Waals surface area (Å²) in [5.74, 6) is 0.539. The number of ether oxygens (including phenoxy) is 1. The molecule has 2 atom stereocenters. The molecule has 3 aromatic rings. The summed E-state index contributed by atoms with van der Waals surface area (Å²) >= 11 is 4.77. The summed E-state index contributed by atoms with van der Waals surface area (Å²) in [5, 5.41) is 10.8. The lowest BCUT2D eigenvalue weighted by Crippen LogP contribution is -2.41. The number of methoxy groups -OCH3 is 1. The molecule has 2 aromatic carbocycles. The predicted molar refractivity (Wildman–Crippen MR) is 112 cm³/mol. The molecule has 1 aliphatic heterocycles. The Morgan fingerprint density at radius 2 is 2.10 bits per heavy atom. The summed E-state index contributed by atoms with van der Waals surface area (Å²) in [6, 6.07) is 11.3. The van der Waals surface area contributed by atoms with Crippen LogP contribution < -0.4 is 15.5 Å². The van der Waals surface area contributed by atoms with Crippen LogP contribution in [0.1, 0.15) is 17.4 Å². The second-order valence-electron chi connectivity index (χ2n) is 6.37. The van der Waals surface area contributed by atoms with E-state index in [1.807, 2.05) is 25.1 Å². The minimum absolute atomic E-state index is 0.135. The molecule has 4 rings (SSSR count). The number of carbonyl (C=O) groups excluding carboxylic acids is 1. The lowest BCUT2D eigenvalue weighted by molar-refractivity contribution is -0.116. The normalized spacial score (nSPS) is 17.9. The first kappa shape index (κ1) is 19.7. The molecule has 0 spiro atoms. The third-order valence-electron chi connectivity index (χ3n) is 4.52. The van der Waals surface area contributed by atoms with E-state index in [9.17, 15) is 9.18 Å². The first-order valence-corrected chi connectivity index (χ1v) is 10.4. The van der Waals surface area contributed by atoms with Gasteiger partial charge in [0.05, 0.1) is 23.3 Å². The largest absolute Gasteiger partial charge is 0.496 e. The first-order valence-electron chi connectivity index (χ1n) is 8.72. The van der Waals surface area contributed by atoms with E-state index in [0.717, 1.165) is 10.0 Å². The highest BCUT2D eigenvalue weighted by atomic mass is 79.9. The molecule has 0 bridgehead atoms. The highest BCUT2D eigenvalue weighted by molar-refractivity contribution is 9.10. The van der Waals surface area contributed by atoms with Gasteiger partial charge in [-0.2, -0.15) is 0 Å². The summed E-state index contributed by atoms with van der Waals surface area (Å²) < 4.78 is 21.8. The number of aromatic nitrogens is 3. The molecule has 1 aromatic heterocycles. The van der Waals surface area contributed by atoms with Gasteiger partial charge in [-0.25, -0.2) is 9.07 Å². The Kier molecular flexibility index (Phi) is 5.46. The summed E-state index contributed by atoms with van der Waals surface area (Å²) in [6.45, 7) is 1.82. The maximum Gasteiger partial charge on any atom is 0.240 e. The number of benzene rings is 2. The number of anilines is 1. The number of fused-ring (bicyclic) bond motifs is 1. The number of nitrogens with one attached hydrogen (secondary N) is 2. The van der Waals surface area contributed by atoms with Gasteiger partial charge in [-0.15, -0.1) is 10.2 Å². The van der Waals surface area contributed by atoms with Crippen LogP contribution in [0.15, 0.2) is 52.1 Å². The number of para-hydroxylation sites is 1. The van der Waals surface area contributed by atoms with Crippen molar-refractivity contribution < 1.29 is 13.9 Å². The Bertz CT molecular complexity index is 1080. The second-order valence-corrected chi connectivity index (χ2v) is 8.34. The molecule has 0 saturated carbocycles. The number of carbonyl (C=O) groups is 1. The van der Waals surface area contributed by atoms with Gasteiger partial charge in [0.2, 0.25) is 11.1 Å². The van der Waals surface area contributed by atoms with E-state index in [1.165, 1.54) is 23.9 Å². The lowest BCUT2D eigenvalue weighted by atomic mass is 10.0. The van der Waals surface area contributed by atoms with Crippen molar-refractivity contribution >= 4 is 39.3 Å². The number of halogens is 2. The van der Waals surface area contributed by atoms with Crippen molar-refractivity contribution in [2.45, 2.75) is 23.4 Å². The Balaban J connectivity index is 1.70. The van der Waals surface area contributed by atoms with Gasteiger partial charge in [0.25, 0.3) is 0 Å². The number of aryl methyl sites for hydroxylation is 1. The van der Waals surface area contributed by atoms with E-state index in [4.69, 9.17) is 4.74 Å². The SMILES string of the molecule is COc1ccc([C@@H]2Nn3c(C)nnc3S[C@H]2C(=O)Nc2ccccc2F)cc1Br. The second kappa shape index (κ2) is 8.03. The van der Waals surface area contributed by atoms with Gasteiger partial charge < -0.3 is 15.5 Å². The number of rotatable bonds is 4. The summed E-state index contributed by atoms with van der Waals surface area (Å²) in [7, 11) is 1.59. The molecule has 0 unspecified atom stereocenters. The molecule has 0 aliphatic carbocycles. The van der Waals surface area contributed by atoms with E-state index < -0.39 is 17.1 Å². The van der Waals surface area contributed by atoms with Crippen molar-refractivity contribution in [3.8, 4) is 5.75 Å². The van der Waals surface area contributed by atoms with Crippen LogP contribution in [0.25, 0.3) is 0 Å². The van der Waals surface area contributed by atoms with Crippen LogP contribution in [0.3, 0.4) is 0 Å². The van der Waals surface area contributed by atoms with Gasteiger partial charge in [-0.05, 0) is 52.7 Å². The average Bonchev–Trinajstić information content (AvgIpc) is 3.08. The minimum atomic E-state index is -0.606. The Morgan fingerprint density at radius 1 is 1.31 bits per heavy atom. The fourth-order valence-electron chi connectivity index (χ4n) is 3.05. The first-order chi connectivity index (χ1) is 14.0. The molecule has 7 nitrogen and oxygen atoms in total. The summed E-state index contributed by atoms with van der Waals surface area (Å²) in [5.41, 5.74) is 4.31. The van der Waals surface area contributed by atoms with E-state index >= 15 is 0 Å². The van der Waals surface area contributed by atoms with Gasteiger partial charge >= 0.3 is 0 Å². The van der Waals surface area contributed by atoms with Gasteiger partial charge in [0.15, 0.2) is 0 Å². The quantitative estimate of drug-likeness (QED) is 0.593. The summed E-state index contributed by atoms with van der Waals surface area (Å²) in [6.07, 6.45) is 0. The average molecular weight is 478 g/mol. The van der Waals surface area contributed by atoms with Gasteiger partial charge in [-0.3, -0.25) is 4.79 Å². The van der Waals surface area contributed by atoms with Gasteiger partial charge in [-0.1, -0.05) is 30.0 Å². The van der Waals surface area contributed by atoms with E-state index in [-0.39, 0.29) is 11.6 Å². The zero-order valence-corrected chi connectivity index (χ0v) is 17.9. The van der Waals surface area contributed by atoms with Crippen LogP contribution in [0, 0.1) is 12.7 Å². The van der Waals surface area contributed by atoms with Crippen molar-refractivity contribution in [2.24, 2.45) is 0 Å². The Labute approximate surface area is 179 Å². The van der Waals surface area contributed by atoms with Crippen LogP contribution in [0.2, 0.25) is 0 Å². The van der Waals surface area contributed by atoms with Crippen LogP contribution in [0.4, 0.5) is 10.1 Å². The van der Waals surface area contributed by atoms with E-state index in [0.29, 0.717) is 16.7 Å². The smallest absolute Gasteiger partial charge is 0.240 e. The molecule has 150 valence electrons. The Hall–Kier alpha value is -2.59. The molecule has 1 amide bonds. The van der Waals surface area contributed by atoms with E-state index in [1.54, 1.807) is 23.9 Å².